The van der Waals surface area contributed by atoms with Crippen molar-refractivity contribution in [1.29, 1.82) is 0 Å². The van der Waals surface area contributed by atoms with Gasteiger partial charge in [0.05, 0.1) is 12.8 Å². The summed E-state index contributed by atoms with van der Waals surface area (Å²) in [5.74, 6) is 0.515. The SMILES string of the molecule is CCCCCCCCCOP(=O)(CCCC)Oc1cccc(Cl)c1. The highest BCUT2D eigenvalue weighted by molar-refractivity contribution is 7.54. The van der Waals surface area contributed by atoms with E-state index in [0.29, 0.717) is 23.5 Å². The van der Waals surface area contributed by atoms with Gasteiger partial charge in [0.2, 0.25) is 0 Å². The van der Waals surface area contributed by atoms with E-state index in [1.165, 1.54) is 32.1 Å². The third-order valence-electron chi connectivity index (χ3n) is 3.86. The molecule has 0 saturated carbocycles. The molecule has 0 heterocycles. The summed E-state index contributed by atoms with van der Waals surface area (Å²) in [6, 6.07) is 7.00. The van der Waals surface area contributed by atoms with Gasteiger partial charge in [-0.05, 0) is 31.0 Å². The molecule has 0 spiro atoms. The summed E-state index contributed by atoms with van der Waals surface area (Å²) < 4.78 is 24.3. The predicted molar refractivity (Wildman–Crippen MR) is 103 cm³/mol. The molecule has 0 radical (unpaired) electrons. The molecule has 0 aliphatic carbocycles. The van der Waals surface area contributed by atoms with Crippen molar-refractivity contribution < 1.29 is 13.6 Å². The molecule has 0 aliphatic heterocycles. The molecule has 0 amide bonds. The number of benzene rings is 1. The van der Waals surface area contributed by atoms with Gasteiger partial charge in [0.25, 0.3) is 0 Å². The fourth-order valence-electron chi connectivity index (χ4n) is 2.44. The summed E-state index contributed by atoms with van der Waals surface area (Å²) >= 11 is 5.97. The van der Waals surface area contributed by atoms with Gasteiger partial charge in [-0.1, -0.05) is 76.5 Å². The molecule has 3 nitrogen and oxygen atoms in total. The van der Waals surface area contributed by atoms with Crippen LogP contribution in [0.4, 0.5) is 0 Å². The Balaban J connectivity index is 2.39. The van der Waals surface area contributed by atoms with E-state index >= 15 is 0 Å². The van der Waals surface area contributed by atoms with Crippen molar-refractivity contribution in [3.8, 4) is 5.75 Å². The van der Waals surface area contributed by atoms with Gasteiger partial charge in [-0.15, -0.1) is 0 Å². The first-order valence-electron chi connectivity index (χ1n) is 9.28. The van der Waals surface area contributed by atoms with Crippen molar-refractivity contribution in [3.05, 3.63) is 29.3 Å². The first kappa shape index (κ1) is 21.5. The second-order valence-corrected chi connectivity index (χ2v) is 8.74. The Kier molecular flexibility index (Phi) is 11.5. The number of hydrogen-bond donors (Lipinski definition) is 0. The zero-order valence-electron chi connectivity index (χ0n) is 15.1. The molecule has 0 fully saturated rings. The third kappa shape index (κ3) is 9.71. The minimum absolute atomic E-state index is 0.451. The second-order valence-electron chi connectivity index (χ2n) is 6.19. The van der Waals surface area contributed by atoms with E-state index in [9.17, 15) is 4.57 Å². The van der Waals surface area contributed by atoms with Gasteiger partial charge in [-0.3, -0.25) is 4.52 Å². The number of unbranched alkanes of at least 4 members (excludes halogenated alkanes) is 7. The van der Waals surface area contributed by atoms with Gasteiger partial charge in [0.15, 0.2) is 0 Å². The molecule has 5 heteroatoms. The normalized spacial score (nSPS) is 13.6. The smallest absolute Gasteiger partial charge is 0.379 e. The Bertz CT molecular complexity index is 493. The Hall–Kier alpha value is -0.500. The van der Waals surface area contributed by atoms with Crippen molar-refractivity contribution >= 4 is 19.2 Å². The average molecular weight is 375 g/mol. The van der Waals surface area contributed by atoms with Crippen LogP contribution in [0, 0.1) is 0 Å². The fraction of sp³-hybridized carbons (Fsp3) is 0.684. The van der Waals surface area contributed by atoms with Crippen LogP contribution in [0.15, 0.2) is 24.3 Å². The standard InChI is InChI=1S/C19H32ClO3P/c1-3-5-7-8-9-10-11-15-22-24(21,16-6-4-2)23-19-14-12-13-18(20)17-19/h12-14,17H,3-11,15-16H2,1-2H3. The summed E-state index contributed by atoms with van der Waals surface area (Å²) in [4.78, 5) is 0. The maximum absolute atomic E-state index is 12.9. The van der Waals surface area contributed by atoms with Gasteiger partial charge >= 0.3 is 7.60 Å². The minimum atomic E-state index is -3.10. The number of rotatable bonds is 14. The Labute approximate surface area is 152 Å². The lowest BCUT2D eigenvalue weighted by Crippen LogP contribution is -2.04. The Morgan fingerprint density at radius 2 is 1.62 bits per heavy atom. The first-order chi connectivity index (χ1) is 11.6. The summed E-state index contributed by atoms with van der Waals surface area (Å²) in [6.45, 7) is 4.79. The van der Waals surface area contributed by atoms with Crippen LogP contribution in [0.2, 0.25) is 5.02 Å². The van der Waals surface area contributed by atoms with Crippen LogP contribution < -0.4 is 4.52 Å². The lowest BCUT2D eigenvalue weighted by atomic mass is 10.1. The molecule has 1 rings (SSSR count). The van der Waals surface area contributed by atoms with Gasteiger partial charge in [0, 0.05) is 5.02 Å². The van der Waals surface area contributed by atoms with Crippen LogP contribution in [-0.4, -0.2) is 12.8 Å². The molecule has 1 atom stereocenters. The Morgan fingerprint density at radius 1 is 0.958 bits per heavy atom. The van der Waals surface area contributed by atoms with Gasteiger partial charge in [-0.2, -0.15) is 0 Å². The summed E-state index contributed by atoms with van der Waals surface area (Å²) in [5, 5.41) is 0.571. The summed E-state index contributed by atoms with van der Waals surface area (Å²) in [6.07, 6.45) is 10.7. The van der Waals surface area contributed by atoms with Crippen LogP contribution in [-0.2, 0) is 9.09 Å². The molecule has 0 N–H and O–H groups in total. The zero-order valence-corrected chi connectivity index (χ0v) is 16.8. The Morgan fingerprint density at radius 3 is 2.29 bits per heavy atom. The van der Waals surface area contributed by atoms with Crippen LogP contribution in [0.5, 0.6) is 5.75 Å². The van der Waals surface area contributed by atoms with Crippen LogP contribution in [0.1, 0.15) is 71.6 Å². The quantitative estimate of drug-likeness (QED) is 0.250. The van der Waals surface area contributed by atoms with E-state index in [0.717, 1.165) is 25.7 Å². The summed E-state index contributed by atoms with van der Waals surface area (Å²) in [7, 11) is -3.10. The highest BCUT2D eigenvalue weighted by Crippen LogP contribution is 2.49. The molecular formula is C19H32ClO3P. The lowest BCUT2D eigenvalue weighted by molar-refractivity contribution is 0.257. The van der Waals surface area contributed by atoms with Crippen LogP contribution >= 0.6 is 19.2 Å². The highest BCUT2D eigenvalue weighted by Gasteiger charge is 2.25. The topological polar surface area (TPSA) is 35.5 Å². The average Bonchev–Trinajstić information content (AvgIpc) is 2.55. The van der Waals surface area contributed by atoms with Crippen LogP contribution in [0.3, 0.4) is 0 Å². The maximum Gasteiger partial charge on any atom is 0.379 e. The maximum atomic E-state index is 12.9. The molecule has 24 heavy (non-hydrogen) atoms. The highest BCUT2D eigenvalue weighted by atomic mass is 35.5. The van der Waals surface area contributed by atoms with E-state index in [2.05, 4.69) is 13.8 Å². The zero-order chi connectivity index (χ0) is 17.7. The molecule has 1 aromatic carbocycles. The summed E-state index contributed by atoms with van der Waals surface area (Å²) in [5.41, 5.74) is 0. The molecule has 0 bridgehead atoms. The molecule has 0 aromatic heterocycles. The molecule has 1 unspecified atom stereocenters. The number of halogens is 1. The third-order valence-corrected chi connectivity index (χ3v) is 6.03. The fourth-order valence-corrected chi connectivity index (χ4v) is 4.43. The van der Waals surface area contributed by atoms with Gasteiger partial charge in [0.1, 0.15) is 5.75 Å². The van der Waals surface area contributed by atoms with E-state index in [4.69, 9.17) is 20.6 Å². The molecule has 0 aliphatic rings. The molecule has 138 valence electrons. The van der Waals surface area contributed by atoms with E-state index in [1.54, 1.807) is 24.3 Å². The lowest BCUT2D eigenvalue weighted by Gasteiger charge is -2.19. The van der Waals surface area contributed by atoms with Crippen molar-refractivity contribution in [2.24, 2.45) is 0 Å². The van der Waals surface area contributed by atoms with Crippen molar-refractivity contribution in [2.45, 2.75) is 71.6 Å². The van der Waals surface area contributed by atoms with Gasteiger partial charge < -0.3 is 4.52 Å². The monoisotopic (exact) mass is 374 g/mol. The van der Waals surface area contributed by atoms with Gasteiger partial charge in [-0.25, -0.2) is 4.57 Å². The number of hydrogen-bond acceptors (Lipinski definition) is 3. The van der Waals surface area contributed by atoms with Crippen molar-refractivity contribution in [1.82, 2.24) is 0 Å². The van der Waals surface area contributed by atoms with E-state index in [-0.39, 0.29) is 0 Å². The van der Waals surface area contributed by atoms with Crippen molar-refractivity contribution in [2.75, 3.05) is 12.8 Å². The predicted octanol–water partition coefficient (Wildman–Crippen LogP) is 7.48. The largest absolute Gasteiger partial charge is 0.424 e. The van der Waals surface area contributed by atoms with Crippen molar-refractivity contribution in [3.63, 3.8) is 0 Å². The molecule has 1 aromatic rings. The van der Waals surface area contributed by atoms with E-state index in [1.807, 2.05) is 0 Å². The molecule has 0 saturated heterocycles. The first-order valence-corrected chi connectivity index (χ1v) is 11.4. The van der Waals surface area contributed by atoms with Crippen LogP contribution in [0.25, 0.3) is 0 Å². The minimum Gasteiger partial charge on any atom is -0.424 e. The van der Waals surface area contributed by atoms with E-state index < -0.39 is 7.60 Å². The second kappa shape index (κ2) is 12.8. The molecular weight excluding hydrogens is 343 g/mol.